The number of halogens is 2. The molecule has 154 valence electrons. The summed E-state index contributed by atoms with van der Waals surface area (Å²) in [5.74, 6) is -0.656. The number of sulfonamides is 1. The first kappa shape index (κ1) is 20.4. The summed E-state index contributed by atoms with van der Waals surface area (Å²) in [4.78, 5) is 0.287. The van der Waals surface area contributed by atoms with Gasteiger partial charge in [0.1, 0.15) is 11.6 Å². The third-order valence-corrected chi connectivity index (χ3v) is 7.24. The highest BCUT2D eigenvalue weighted by Gasteiger charge is 2.28. The van der Waals surface area contributed by atoms with Crippen LogP contribution in [-0.2, 0) is 10.0 Å². The molecule has 1 saturated heterocycles. The molecule has 1 heterocycles. The van der Waals surface area contributed by atoms with Gasteiger partial charge in [0.05, 0.1) is 4.90 Å². The van der Waals surface area contributed by atoms with Crippen molar-refractivity contribution in [1.82, 2.24) is 4.31 Å². The number of hydrogen-bond acceptors (Lipinski definition) is 2. The third-order valence-electron chi connectivity index (χ3n) is 5.33. The average molecular weight is 426 g/mol. The fourth-order valence-corrected chi connectivity index (χ4v) is 5.26. The third kappa shape index (κ3) is 4.20. The quantitative estimate of drug-likeness (QED) is 0.572. The minimum Gasteiger partial charge on any atom is -0.207 e. The normalized spacial score (nSPS) is 15.2. The molecule has 30 heavy (non-hydrogen) atoms. The van der Waals surface area contributed by atoms with Gasteiger partial charge in [-0.15, -0.1) is 0 Å². The van der Waals surface area contributed by atoms with Crippen LogP contribution in [0.1, 0.15) is 24.0 Å². The van der Waals surface area contributed by atoms with Crippen molar-refractivity contribution in [3.63, 3.8) is 0 Å². The van der Waals surface area contributed by atoms with Crippen LogP contribution in [-0.4, -0.2) is 25.8 Å². The molecule has 0 bridgehead atoms. The fourth-order valence-electron chi connectivity index (χ4n) is 3.80. The first-order chi connectivity index (χ1) is 14.4. The van der Waals surface area contributed by atoms with Crippen LogP contribution in [0.3, 0.4) is 0 Å². The molecule has 4 rings (SSSR count). The van der Waals surface area contributed by atoms with E-state index in [1.807, 2.05) is 0 Å². The summed E-state index contributed by atoms with van der Waals surface area (Å²) in [6.45, 7) is 0.719. The first-order valence-corrected chi connectivity index (χ1v) is 11.2. The Labute approximate surface area is 175 Å². The molecule has 3 aromatic carbocycles. The maximum absolute atomic E-state index is 13.5. The molecule has 1 aliphatic heterocycles. The lowest BCUT2D eigenvalue weighted by atomic mass is 9.89. The number of nitrogens with zero attached hydrogens (tertiary/aromatic N) is 1. The molecular weight excluding hydrogens is 404 g/mol. The van der Waals surface area contributed by atoms with Crippen LogP contribution >= 0.6 is 0 Å². The van der Waals surface area contributed by atoms with Crippen LogP contribution in [0.2, 0.25) is 0 Å². The zero-order chi connectivity index (χ0) is 21.1. The molecule has 0 saturated carbocycles. The summed E-state index contributed by atoms with van der Waals surface area (Å²) in [7, 11) is -3.54. The van der Waals surface area contributed by atoms with Crippen molar-refractivity contribution in [2.45, 2.75) is 17.7 Å². The van der Waals surface area contributed by atoms with Crippen molar-refractivity contribution in [2.24, 2.45) is 0 Å². The molecule has 6 heteroatoms. The second-order valence-electron chi connectivity index (χ2n) is 7.21. The smallest absolute Gasteiger partial charge is 0.207 e. The van der Waals surface area contributed by atoms with Crippen molar-refractivity contribution < 1.29 is 17.2 Å². The van der Waals surface area contributed by atoms with Crippen LogP contribution in [0, 0.1) is 11.6 Å². The predicted octanol–water partition coefficient (Wildman–Crippen LogP) is 5.25. The Kier molecular flexibility index (Phi) is 5.79. The van der Waals surface area contributed by atoms with Crippen molar-refractivity contribution in [3.8, 4) is 0 Å². The fraction of sp³-hybridized carbons (Fsp3) is 0.167. The number of benzene rings is 3. The topological polar surface area (TPSA) is 37.4 Å². The molecule has 0 radical (unpaired) electrons. The lowest BCUT2D eigenvalue weighted by Crippen LogP contribution is -2.36. The molecule has 3 aromatic rings. The molecule has 0 amide bonds. The maximum atomic E-state index is 13.5. The Morgan fingerprint density at radius 3 is 1.63 bits per heavy atom. The van der Waals surface area contributed by atoms with Gasteiger partial charge in [0.25, 0.3) is 0 Å². The lowest BCUT2D eigenvalue weighted by Gasteiger charge is -2.29. The maximum Gasteiger partial charge on any atom is 0.243 e. The van der Waals surface area contributed by atoms with E-state index >= 15 is 0 Å². The molecule has 0 spiro atoms. The Balaban J connectivity index is 1.67. The van der Waals surface area contributed by atoms with Crippen molar-refractivity contribution in [1.29, 1.82) is 0 Å². The summed E-state index contributed by atoms with van der Waals surface area (Å²) in [6.07, 6.45) is 1.10. The van der Waals surface area contributed by atoms with E-state index in [0.29, 0.717) is 25.9 Å². The van der Waals surface area contributed by atoms with Gasteiger partial charge in [-0.25, -0.2) is 17.2 Å². The van der Waals surface area contributed by atoms with Gasteiger partial charge in [0, 0.05) is 13.1 Å². The molecule has 0 aliphatic carbocycles. The summed E-state index contributed by atoms with van der Waals surface area (Å²) in [6, 6.07) is 20.8. The van der Waals surface area contributed by atoms with E-state index in [-0.39, 0.29) is 16.5 Å². The Hall–Kier alpha value is -2.83. The van der Waals surface area contributed by atoms with Gasteiger partial charge >= 0.3 is 0 Å². The summed E-state index contributed by atoms with van der Waals surface area (Å²) >= 11 is 0. The molecule has 1 fully saturated rings. The van der Waals surface area contributed by atoms with Crippen LogP contribution in [0.5, 0.6) is 0 Å². The van der Waals surface area contributed by atoms with Crippen LogP contribution < -0.4 is 0 Å². The molecule has 0 unspecified atom stereocenters. The minimum atomic E-state index is -3.54. The lowest BCUT2D eigenvalue weighted by molar-refractivity contribution is 0.387. The zero-order valence-electron chi connectivity index (χ0n) is 16.3. The van der Waals surface area contributed by atoms with Crippen molar-refractivity contribution in [3.05, 3.63) is 107 Å². The Bertz CT molecular complexity index is 1100. The summed E-state index contributed by atoms with van der Waals surface area (Å²) in [5.41, 5.74) is 3.65. The van der Waals surface area contributed by atoms with Gasteiger partial charge in [-0.05, 0) is 65.9 Å². The van der Waals surface area contributed by atoms with E-state index in [4.69, 9.17) is 0 Å². The van der Waals surface area contributed by atoms with Gasteiger partial charge in [-0.2, -0.15) is 4.31 Å². The van der Waals surface area contributed by atoms with E-state index in [9.17, 15) is 17.2 Å². The second-order valence-corrected chi connectivity index (χ2v) is 9.15. The van der Waals surface area contributed by atoms with Crippen molar-refractivity contribution in [2.75, 3.05) is 13.1 Å². The largest absolute Gasteiger partial charge is 0.243 e. The molecule has 3 nitrogen and oxygen atoms in total. The van der Waals surface area contributed by atoms with E-state index in [2.05, 4.69) is 0 Å². The second kappa shape index (κ2) is 8.50. The van der Waals surface area contributed by atoms with Gasteiger partial charge in [0.15, 0.2) is 0 Å². The SMILES string of the molecule is O=S(=O)(c1ccccc1)N1CCC(=C(c2ccc(F)cc2)c2ccc(F)cc2)CC1. The monoisotopic (exact) mass is 425 g/mol. The van der Waals surface area contributed by atoms with E-state index in [1.165, 1.54) is 28.6 Å². The number of piperidine rings is 1. The van der Waals surface area contributed by atoms with Gasteiger partial charge in [0.2, 0.25) is 10.0 Å². The van der Waals surface area contributed by atoms with E-state index in [1.54, 1.807) is 54.6 Å². The molecular formula is C24H21F2NO2S. The number of rotatable bonds is 4. The number of hydrogen-bond donors (Lipinski definition) is 0. The highest BCUT2D eigenvalue weighted by atomic mass is 32.2. The standard InChI is InChI=1S/C24H21F2NO2S/c25-21-10-6-18(7-11-21)24(19-8-12-22(26)13-9-19)20-14-16-27(17-15-20)30(28,29)23-4-2-1-3-5-23/h1-13H,14-17H2. The summed E-state index contributed by atoms with van der Waals surface area (Å²) in [5, 5.41) is 0. The highest BCUT2D eigenvalue weighted by Crippen LogP contribution is 2.34. The van der Waals surface area contributed by atoms with E-state index in [0.717, 1.165) is 22.3 Å². The van der Waals surface area contributed by atoms with Crippen LogP contribution in [0.15, 0.2) is 89.3 Å². The molecule has 0 N–H and O–H groups in total. The molecule has 1 aliphatic rings. The Morgan fingerprint density at radius 2 is 1.17 bits per heavy atom. The minimum absolute atomic E-state index is 0.287. The molecule has 0 atom stereocenters. The van der Waals surface area contributed by atoms with E-state index < -0.39 is 10.0 Å². The highest BCUT2D eigenvalue weighted by molar-refractivity contribution is 7.89. The first-order valence-electron chi connectivity index (χ1n) is 9.74. The van der Waals surface area contributed by atoms with Gasteiger partial charge in [-0.3, -0.25) is 0 Å². The van der Waals surface area contributed by atoms with Crippen molar-refractivity contribution >= 4 is 15.6 Å². The average Bonchev–Trinajstić information content (AvgIpc) is 2.77. The molecule has 0 aromatic heterocycles. The van der Waals surface area contributed by atoms with Gasteiger partial charge in [-0.1, -0.05) is 48.0 Å². The zero-order valence-corrected chi connectivity index (χ0v) is 17.1. The Morgan fingerprint density at radius 1 is 0.700 bits per heavy atom. The van der Waals surface area contributed by atoms with Crippen LogP contribution in [0.25, 0.3) is 5.57 Å². The summed E-state index contributed by atoms with van der Waals surface area (Å²) < 4.78 is 54.2. The van der Waals surface area contributed by atoms with Crippen LogP contribution in [0.4, 0.5) is 8.78 Å². The van der Waals surface area contributed by atoms with Gasteiger partial charge < -0.3 is 0 Å². The predicted molar refractivity (Wildman–Crippen MR) is 113 cm³/mol.